The normalized spacial score (nSPS) is 15.0. The van der Waals surface area contributed by atoms with E-state index in [0.29, 0.717) is 16.8 Å². The summed E-state index contributed by atoms with van der Waals surface area (Å²) in [7, 11) is 0. The van der Waals surface area contributed by atoms with E-state index in [1.54, 1.807) is 42.5 Å². The minimum Gasteiger partial charge on any atom is -0.310 e. The van der Waals surface area contributed by atoms with Gasteiger partial charge in [-0.25, -0.2) is 0 Å². The van der Waals surface area contributed by atoms with Gasteiger partial charge < -0.3 is 4.90 Å². The third-order valence-corrected chi connectivity index (χ3v) is 9.81. The van der Waals surface area contributed by atoms with Gasteiger partial charge in [-0.3, -0.25) is 0 Å². The maximum atomic E-state index is 9.78. The van der Waals surface area contributed by atoms with Crippen LogP contribution in [0, 0.1) is 0 Å². The molecule has 1 heteroatoms. The van der Waals surface area contributed by atoms with Gasteiger partial charge >= 0.3 is 0 Å². The molecule has 0 heterocycles. The average Bonchev–Trinajstić information content (AvgIpc) is 3.48. The molecule has 0 unspecified atom stereocenters. The van der Waals surface area contributed by atoms with Gasteiger partial charge in [0.15, 0.2) is 0 Å². The van der Waals surface area contributed by atoms with Crippen molar-refractivity contribution in [2.24, 2.45) is 0 Å². The predicted octanol–water partition coefficient (Wildman–Crippen LogP) is 13.6. The summed E-state index contributed by atoms with van der Waals surface area (Å²) < 4.78 is 74.6. The average molecular weight is 648 g/mol. The Morgan fingerprint density at radius 1 is 0.440 bits per heavy atom. The molecule has 1 aliphatic rings. The summed E-state index contributed by atoms with van der Waals surface area (Å²) in [6.45, 7) is 4.46. The molecule has 0 aromatic heterocycles. The highest BCUT2D eigenvalue weighted by atomic mass is 15.1. The monoisotopic (exact) mass is 647 g/mol. The van der Waals surface area contributed by atoms with E-state index < -0.39 is 12.1 Å². The van der Waals surface area contributed by atoms with Crippen LogP contribution < -0.4 is 4.90 Å². The third kappa shape index (κ3) is 5.02. The van der Waals surface area contributed by atoms with E-state index in [9.17, 15) is 8.22 Å². The summed E-state index contributed by atoms with van der Waals surface area (Å²) in [5, 5.41) is 1.65. The molecule has 0 N–H and O–H groups in total. The first-order chi connectivity index (χ1) is 27.9. The van der Waals surface area contributed by atoms with Gasteiger partial charge in [0.1, 0.15) is 0 Å². The lowest BCUT2D eigenvalue weighted by atomic mass is 9.79. The van der Waals surface area contributed by atoms with E-state index in [1.165, 1.54) is 27.2 Å². The molecule has 9 rings (SSSR count). The van der Waals surface area contributed by atoms with E-state index in [-0.39, 0.29) is 64.2 Å². The van der Waals surface area contributed by atoms with Gasteiger partial charge in [-0.2, -0.15) is 0 Å². The van der Waals surface area contributed by atoms with Crippen molar-refractivity contribution in [1.29, 1.82) is 0 Å². The third-order valence-electron chi connectivity index (χ3n) is 9.81. The lowest BCUT2D eigenvalue weighted by Gasteiger charge is -2.27. The Kier molecular flexibility index (Phi) is 5.41. The number of hydrogen-bond acceptors (Lipinski definition) is 1. The van der Waals surface area contributed by atoms with Gasteiger partial charge in [0.2, 0.25) is 0 Å². The second kappa shape index (κ2) is 12.1. The summed E-state index contributed by atoms with van der Waals surface area (Å²) in [6, 6.07) is 41.5. The lowest BCUT2D eigenvalue weighted by Crippen LogP contribution is -2.16. The van der Waals surface area contributed by atoms with Gasteiger partial charge in [0.05, 0.1) is 11.0 Å². The first-order valence-corrected chi connectivity index (χ1v) is 16.8. The molecular weight excluding hydrogens is 603 g/mol. The molecule has 0 spiro atoms. The zero-order chi connectivity index (χ0) is 40.6. The van der Waals surface area contributed by atoms with Crippen molar-refractivity contribution < 1.29 is 11.0 Å². The van der Waals surface area contributed by atoms with Gasteiger partial charge in [-0.05, 0) is 103 Å². The topological polar surface area (TPSA) is 3.24 Å². The maximum absolute atomic E-state index is 9.78. The van der Waals surface area contributed by atoms with Crippen molar-refractivity contribution in [3.8, 4) is 44.5 Å². The molecule has 0 amide bonds. The number of rotatable bonds is 6. The fraction of sp³-hybridized carbons (Fsp3) is 0.0612. The van der Waals surface area contributed by atoms with Crippen LogP contribution in [-0.2, 0) is 5.41 Å². The number of fused-ring (bicyclic) bond motifs is 4. The van der Waals surface area contributed by atoms with Crippen LogP contribution in [0.15, 0.2) is 188 Å². The van der Waals surface area contributed by atoms with Crippen LogP contribution in [0.3, 0.4) is 0 Å². The van der Waals surface area contributed by atoms with Crippen molar-refractivity contribution in [2.45, 2.75) is 19.3 Å². The summed E-state index contributed by atoms with van der Waals surface area (Å²) in [5.41, 5.74) is 7.91. The summed E-state index contributed by atoms with van der Waals surface area (Å²) in [5.74, 6) is 0. The number of anilines is 3. The summed E-state index contributed by atoms with van der Waals surface area (Å²) >= 11 is 0. The number of benzene rings is 8. The Balaban J connectivity index is 1.30. The molecular formula is C49H37N. The molecule has 8 aromatic rings. The standard InChI is InChI=1S/C49H37N/c1-49(2)47-24-9-8-20-45(47)46-23-12-22-44(48(46)49)37-27-31-40(32-28-37)50(39-29-25-35(26-30-39)34-13-4-3-5-14-34)41-18-10-17-38(33-41)43-21-11-16-36-15-6-7-19-42(36)43/h3-33H,1-2H3/i10D,17D,18D,25D,26D,29D,30D,33D. The molecule has 8 aromatic carbocycles. The minimum atomic E-state index is -0.438. The van der Waals surface area contributed by atoms with Crippen molar-refractivity contribution in [3.63, 3.8) is 0 Å². The van der Waals surface area contributed by atoms with E-state index >= 15 is 0 Å². The highest BCUT2D eigenvalue weighted by Gasteiger charge is 2.37. The van der Waals surface area contributed by atoms with E-state index in [2.05, 4.69) is 56.3 Å². The Morgan fingerprint density at radius 3 is 1.94 bits per heavy atom. The zero-order valence-electron chi connectivity index (χ0n) is 35.7. The molecule has 1 aliphatic carbocycles. The smallest absolute Gasteiger partial charge is 0.0651 e. The van der Waals surface area contributed by atoms with Crippen LogP contribution in [0.25, 0.3) is 55.3 Å². The summed E-state index contributed by atoms with van der Waals surface area (Å²) in [6.07, 6.45) is 0. The largest absolute Gasteiger partial charge is 0.310 e. The van der Waals surface area contributed by atoms with E-state index in [1.807, 2.05) is 54.6 Å². The Hall–Kier alpha value is -6.18. The van der Waals surface area contributed by atoms with Crippen molar-refractivity contribution in [2.75, 3.05) is 4.90 Å². The molecule has 238 valence electrons. The number of nitrogens with zero attached hydrogens (tertiary/aromatic N) is 1. The summed E-state index contributed by atoms with van der Waals surface area (Å²) in [4.78, 5) is 1.41. The number of hydrogen-bond donors (Lipinski definition) is 0. The van der Waals surface area contributed by atoms with Crippen LogP contribution in [0.1, 0.15) is 35.9 Å². The van der Waals surface area contributed by atoms with Crippen LogP contribution in [0.2, 0.25) is 0 Å². The quantitative estimate of drug-likeness (QED) is 0.174. The molecule has 0 bridgehead atoms. The molecule has 50 heavy (non-hydrogen) atoms. The predicted molar refractivity (Wildman–Crippen MR) is 213 cm³/mol. The Bertz CT molecular complexity index is 2920. The molecule has 0 saturated heterocycles. The molecule has 0 saturated carbocycles. The Morgan fingerprint density at radius 2 is 1.10 bits per heavy atom. The fourth-order valence-electron chi connectivity index (χ4n) is 7.44. The highest BCUT2D eigenvalue weighted by Crippen LogP contribution is 2.52. The lowest BCUT2D eigenvalue weighted by molar-refractivity contribution is 0.662. The second-order valence-electron chi connectivity index (χ2n) is 13.1. The second-order valence-corrected chi connectivity index (χ2v) is 13.1. The zero-order valence-corrected chi connectivity index (χ0v) is 27.7. The first-order valence-electron chi connectivity index (χ1n) is 20.8. The molecule has 0 atom stereocenters. The van der Waals surface area contributed by atoms with Gasteiger partial charge in [-0.1, -0.05) is 165 Å². The maximum Gasteiger partial charge on any atom is 0.0651 e. The first kappa shape index (κ1) is 22.5. The Labute approximate surface area is 306 Å². The highest BCUT2D eigenvalue weighted by molar-refractivity contribution is 5.97. The van der Waals surface area contributed by atoms with E-state index in [0.717, 1.165) is 21.9 Å². The SMILES string of the molecule is [2H]c1c([2H])c(-c2cccc3ccccc23)c([2H])c(N(c2ccc(-c3cccc4c3C(C)(C)c3ccccc3-4)cc2)c2c([2H])c([2H])c(-c3ccccc3)c([2H])c2[2H])c1[2H]. The van der Waals surface area contributed by atoms with E-state index in [4.69, 9.17) is 2.74 Å². The van der Waals surface area contributed by atoms with Gasteiger partial charge in [0.25, 0.3) is 0 Å². The molecule has 0 aliphatic heterocycles. The van der Waals surface area contributed by atoms with Gasteiger partial charge in [-0.15, -0.1) is 0 Å². The van der Waals surface area contributed by atoms with Crippen molar-refractivity contribution >= 4 is 27.8 Å². The molecule has 0 radical (unpaired) electrons. The van der Waals surface area contributed by atoms with Gasteiger partial charge in [0, 0.05) is 22.5 Å². The van der Waals surface area contributed by atoms with Crippen LogP contribution in [0.4, 0.5) is 17.1 Å². The van der Waals surface area contributed by atoms with Crippen LogP contribution >= 0.6 is 0 Å². The van der Waals surface area contributed by atoms with Crippen LogP contribution in [0.5, 0.6) is 0 Å². The van der Waals surface area contributed by atoms with Crippen molar-refractivity contribution in [3.05, 3.63) is 199 Å². The molecule has 1 nitrogen and oxygen atoms in total. The van der Waals surface area contributed by atoms with Crippen molar-refractivity contribution in [1.82, 2.24) is 0 Å². The fourth-order valence-corrected chi connectivity index (χ4v) is 7.44. The van der Waals surface area contributed by atoms with Crippen LogP contribution in [-0.4, -0.2) is 0 Å². The molecule has 0 fully saturated rings. The minimum absolute atomic E-state index is 0.123.